The molecule has 3 rings (SSSR count). The maximum absolute atomic E-state index is 5.49. The van der Waals surface area contributed by atoms with Crippen LogP contribution in [0.3, 0.4) is 0 Å². The molecule has 0 amide bonds. The molecular weight excluding hydrogens is 320 g/mol. The molecule has 142 valence electrons. The number of rotatable bonds is 2. The highest BCUT2D eigenvalue weighted by Crippen LogP contribution is 2.24. The summed E-state index contributed by atoms with van der Waals surface area (Å²) >= 11 is 0. The second-order valence-electron chi connectivity index (χ2n) is 7.00. The van der Waals surface area contributed by atoms with Gasteiger partial charge in [0.2, 0.25) is 0 Å². The minimum Gasteiger partial charge on any atom is -0.387 e. The summed E-state index contributed by atoms with van der Waals surface area (Å²) < 4.78 is 5.27. The van der Waals surface area contributed by atoms with Crippen LogP contribution in [0.5, 0.6) is 0 Å². The van der Waals surface area contributed by atoms with Crippen molar-refractivity contribution < 1.29 is 4.74 Å². The van der Waals surface area contributed by atoms with E-state index in [0.717, 1.165) is 35.8 Å². The summed E-state index contributed by atoms with van der Waals surface area (Å²) in [6, 6.07) is 10.3. The predicted octanol–water partition coefficient (Wildman–Crippen LogP) is 5.58. The number of allylic oxidation sites excluding steroid dienone is 4. The summed E-state index contributed by atoms with van der Waals surface area (Å²) in [5, 5.41) is 0. The Hall–Kier alpha value is -2.13. The first-order valence-corrected chi connectivity index (χ1v) is 9.30. The van der Waals surface area contributed by atoms with Gasteiger partial charge in [-0.2, -0.15) is 0 Å². The number of ether oxygens (including phenoxy) is 1. The second-order valence-corrected chi connectivity index (χ2v) is 7.00. The highest BCUT2D eigenvalue weighted by molar-refractivity contribution is 5.79. The van der Waals surface area contributed by atoms with Crippen LogP contribution in [0.15, 0.2) is 70.9 Å². The van der Waals surface area contributed by atoms with Crippen LogP contribution in [0.1, 0.15) is 46.1 Å². The van der Waals surface area contributed by atoms with E-state index in [2.05, 4.69) is 50.6 Å². The first-order chi connectivity index (χ1) is 12.3. The molecule has 2 atom stereocenters. The van der Waals surface area contributed by atoms with Gasteiger partial charge in [-0.25, -0.2) is 4.99 Å². The van der Waals surface area contributed by atoms with E-state index in [-0.39, 0.29) is 0 Å². The average molecular weight is 355 g/mol. The topological polar surface area (TPSA) is 47.6 Å². The van der Waals surface area contributed by atoms with Gasteiger partial charge in [-0.15, -0.1) is 0 Å². The van der Waals surface area contributed by atoms with E-state index >= 15 is 0 Å². The molecule has 1 aromatic carbocycles. The Bertz CT molecular complexity index is 644. The lowest BCUT2D eigenvalue weighted by Crippen LogP contribution is -2.05. The molecule has 1 fully saturated rings. The van der Waals surface area contributed by atoms with E-state index in [1.807, 2.05) is 31.2 Å². The summed E-state index contributed by atoms with van der Waals surface area (Å²) in [5.74, 6) is 1.40. The Labute approximate surface area is 159 Å². The fourth-order valence-corrected chi connectivity index (χ4v) is 2.58. The standard InChI is InChI=1S/C10H14N2.C7H8.C6H12O/c1-7(2)9-5-4-6-10(9)12-8(3)11;1-7-5-3-2-4-6-7;1-5-3-4-7-6(5)2/h4-5H,1,6H2,2-3H3,(H2,11,12);2-6H,1H3;5-6H,3-4H2,1-2H3/t;;5-,6+/m..1/s1. The zero-order valence-electron chi connectivity index (χ0n) is 17.0. The predicted molar refractivity (Wildman–Crippen MR) is 113 cm³/mol. The number of aryl methyl sites for hydroxylation is 1. The van der Waals surface area contributed by atoms with Crippen molar-refractivity contribution in [2.75, 3.05) is 6.61 Å². The number of amidine groups is 1. The zero-order valence-corrected chi connectivity index (χ0v) is 17.0. The third-order valence-electron chi connectivity index (χ3n) is 4.37. The monoisotopic (exact) mass is 354 g/mol. The molecule has 2 N–H and O–H groups in total. The Morgan fingerprint density at radius 2 is 1.85 bits per heavy atom. The molecule has 0 radical (unpaired) electrons. The van der Waals surface area contributed by atoms with Crippen LogP contribution in [0, 0.1) is 12.8 Å². The van der Waals surface area contributed by atoms with Gasteiger partial charge >= 0.3 is 0 Å². The molecule has 0 aromatic heterocycles. The van der Waals surface area contributed by atoms with Crippen LogP contribution in [0.25, 0.3) is 0 Å². The lowest BCUT2D eigenvalue weighted by atomic mass is 10.1. The molecule has 2 aliphatic rings. The summed E-state index contributed by atoms with van der Waals surface area (Å²) in [5.41, 5.74) is 10.0. The second kappa shape index (κ2) is 11.5. The molecular formula is C23H34N2O. The van der Waals surface area contributed by atoms with Gasteiger partial charge < -0.3 is 10.5 Å². The third-order valence-corrected chi connectivity index (χ3v) is 4.37. The summed E-state index contributed by atoms with van der Waals surface area (Å²) in [6.07, 6.45) is 6.76. The lowest BCUT2D eigenvalue weighted by Gasteiger charge is -2.04. The summed E-state index contributed by atoms with van der Waals surface area (Å²) in [7, 11) is 0. The number of hydrogen-bond acceptors (Lipinski definition) is 2. The van der Waals surface area contributed by atoms with Crippen molar-refractivity contribution in [3.8, 4) is 0 Å². The van der Waals surface area contributed by atoms with Gasteiger partial charge in [-0.3, -0.25) is 0 Å². The summed E-state index contributed by atoms with van der Waals surface area (Å²) in [4.78, 5) is 4.23. The molecule has 3 nitrogen and oxygen atoms in total. The van der Waals surface area contributed by atoms with Gasteiger partial charge in [-0.05, 0) is 51.2 Å². The van der Waals surface area contributed by atoms with Crippen molar-refractivity contribution in [1.29, 1.82) is 0 Å². The van der Waals surface area contributed by atoms with Crippen LogP contribution in [0.2, 0.25) is 0 Å². The van der Waals surface area contributed by atoms with Crippen LogP contribution < -0.4 is 5.73 Å². The van der Waals surface area contributed by atoms with Gasteiger partial charge in [0, 0.05) is 13.0 Å². The Morgan fingerprint density at radius 3 is 2.19 bits per heavy atom. The Morgan fingerprint density at radius 1 is 1.19 bits per heavy atom. The SMILES string of the molecule is C=C(C)C1=C(N=C(C)N)CC=C1.C[C@@H]1CCO[C@H]1C.Cc1ccccc1. The molecule has 1 saturated heterocycles. The van der Waals surface area contributed by atoms with Crippen LogP contribution in [-0.4, -0.2) is 18.5 Å². The Balaban J connectivity index is 0.000000207. The highest BCUT2D eigenvalue weighted by atomic mass is 16.5. The van der Waals surface area contributed by atoms with Crippen molar-refractivity contribution in [2.45, 2.75) is 53.6 Å². The van der Waals surface area contributed by atoms with Crippen LogP contribution in [-0.2, 0) is 4.74 Å². The number of nitrogens with two attached hydrogens (primary N) is 1. The zero-order chi connectivity index (χ0) is 19.5. The highest BCUT2D eigenvalue weighted by Gasteiger charge is 2.18. The number of nitrogens with zero attached hydrogens (tertiary/aromatic N) is 1. The quantitative estimate of drug-likeness (QED) is 0.556. The van der Waals surface area contributed by atoms with Crippen molar-refractivity contribution in [3.05, 3.63) is 71.5 Å². The van der Waals surface area contributed by atoms with E-state index in [1.165, 1.54) is 12.0 Å². The molecule has 26 heavy (non-hydrogen) atoms. The minimum absolute atomic E-state index is 0.514. The third kappa shape index (κ3) is 8.30. The van der Waals surface area contributed by atoms with Crippen LogP contribution >= 0.6 is 0 Å². The van der Waals surface area contributed by atoms with Crippen molar-refractivity contribution in [1.82, 2.24) is 0 Å². The molecule has 0 saturated carbocycles. The van der Waals surface area contributed by atoms with Crippen molar-refractivity contribution >= 4 is 5.84 Å². The molecule has 1 aromatic rings. The van der Waals surface area contributed by atoms with E-state index in [0.29, 0.717) is 11.9 Å². The van der Waals surface area contributed by atoms with Gasteiger partial charge in [-0.1, -0.05) is 61.5 Å². The minimum atomic E-state index is 0.514. The molecule has 3 heteroatoms. The molecule has 0 unspecified atom stereocenters. The van der Waals surface area contributed by atoms with Crippen LogP contribution in [0.4, 0.5) is 0 Å². The number of benzene rings is 1. The average Bonchev–Trinajstić information content (AvgIpc) is 3.18. The van der Waals surface area contributed by atoms with E-state index in [9.17, 15) is 0 Å². The molecule has 1 aliphatic carbocycles. The molecule has 0 bridgehead atoms. The summed E-state index contributed by atoms with van der Waals surface area (Å²) in [6.45, 7) is 15.1. The van der Waals surface area contributed by atoms with E-state index in [1.54, 1.807) is 6.92 Å². The first-order valence-electron chi connectivity index (χ1n) is 9.30. The van der Waals surface area contributed by atoms with Gasteiger partial charge in [0.15, 0.2) is 0 Å². The fourth-order valence-electron chi connectivity index (χ4n) is 2.58. The number of aliphatic imine (C=N–C) groups is 1. The molecule has 1 aliphatic heterocycles. The maximum Gasteiger partial charge on any atom is 0.0961 e. The lowest BCUT2D eigenvalue weighted by molar-refractivity contribution is 0.109. The molecule has 1 heterocycles. The van der Waals surface area contributed by atoms with Crippen molar-refractivity contribution in [2.24, 2.45) is 16.6 Å². The largest absolute Gasteiger partial charge is 0.387 e. The smallest absolute Gasteiger partial charge is 0.0961 e. The van der Waals surface area contributed by atoms with E-state index < -0.39 is 0 Å². The van der Waals surface area contributed by atoms with Gasteiger partial charge in [0.05, 0.1) is 17.6 Å². The molecule has 0 spiro atoms. The Kier molecular flexibility index (Phi) is 9.67. The number of hydrogen-bond donors (Lipinski definition) is 1. The van der Waals surface area contributed by atoms with Crippen molar-refractivity contribution in [3.63, 3.8) is 0 Å². The fraction of sp³-hybridized carbons (Fsp3) is 0.435. The normalized spacial score (nSPS) is 21.7. The first kappa shape index (κ1) is 21.9. The van der Waals surface area contributed by atoms with Gasteiger partial charge in [0.25, 0.3) is 0 Å². The van der Waals surface area contributed by atoms with E-state index in [4.69, 9.17) is 10.5 Å². The maximum atomic E-state index is 5.49. The van der Waals surface area contributed by atoms with Gasteiger partial charge in [0.1, 0.15) is 0 Å².